The number of methoxy groups -OCH3 is 1. The minimum atomic E-state index is -2.08. The lowest BCUT2D eigenvalue weighted by molar-refractivity contribution is -0.177. The molecule has 0 aliphatic carbocycles. The van der Waals surface area contributed by atoms with E-state index < -0.39 is 59.4 Å². The summed E-state index contributed by atoms with van der Waals surface area (Å²) in [6, 6.07) is 41.8. The monoisotopic (exact) mass is 963 g/mol. The highest BCUT2D eigenvalue weighted by Crippen LogP contribution is 2.66. The molecule has 16 heteroatoms. The number of carbonyl (C=O) groups is 4. The third kappa shape index (κ3) is 8.07. The van der Waals surface area contributed by atoms with Crippen LogP contribution in [0, 0.1) is 17.8 Å². The lowest BCUT2D eigenvalue weighted by Crippen LogP contribution is -2.54. The van der Waals surface area contributed by atoms with Crippen molar-refractivity contribution in [3.8, 4) is 17.6 Å². The molecule has 1 aromatic heterocycles. The number of fused-ring (bicyclic) bond motifs is 4. The van der Waals surface area contributed by atoms with Gasteiger partial charge in [-0.3, -0.25) is 19.3 Å². The number of rotatable bonds is 10. The predicted molar refractivity (Wildman–Crippen MR) is 266 cm³/mol. The van der Waals surface area contributed by atoms with Crippen LogP contribution in [0.25, 0.3) is 11.0 Å². The van der Waals surface area contributed by atoms with Crippen molar-refractivity contribution >= 4 is 52.0 Å². The van der Waals surface area contributed by atoms with Gasteiger partial charge in [0.2, 0.25) is 11.8 Å². The van der Waals surface area contributed by atoms with Crippen molar-refractivity contribution in [2.24, 2.45) is 5.92 Å². The minimum absolute atomic E-state index is 0.0452. The maximum Gasteiger partial charge on any atom is 0.421 e. The highest BCUT2D eigenvalue weighted by molar-refractivity contribution is 6.24. The van der Waals surface area contributed by atoms with E-state index in [0.29, 0.717) is 54.2 Å². The van der Waals surface area contributed by atoms with E-state index in [2.05, 4.69) is 32.4 Å². The number of cyclic esters (lactones) is 1. The Bertz CT molecular complexity index is 3230. The van der Waals surface area contributed by atoms with Crippen LogP contribution in [-0.4, -0.2) is 102 Å². The minimum Gasteiger partial charge on any atom is -0.508 e. The van der Waals surface area contributed by atoms with Gasteiger partial charge in [0.05, 0.1) is 49.0 Å². The summed E-state index contributed by atoms with van der Waals surface area (Å²) in [5.41, 5.74) is 3.56. The number of nitrogens with zero attached hydrogens (tertiary/aromatic N) is 6. The number of amides is 3. The largest absolute Gasteiger partial charge is 0.508 e. The molecule has 0 radical (unpaired) electrons. The Morgan fingerprint density at radius 3 is 2.25 bits per heavy atom. The Hall–Kier alpha value is -8.36. The van der Waals surface area contributed by atoms with Gasteiger partial charge < -0.3 is 34.3 Å². The van der Waals surface area contributed by atoms with E-state index in [4.69, 9.17) is 18.9 Å². The van der Waals surface area contributed by atoms with E-state index in [0.717, 1.165) is 21.7 Å². The Labute approximate surface area is 414 Å². The molecule has 3 amide bonds. The molecule has 4 aliphatic heterocycles. The molecule has 16 nitrogen and oxygen atoms in total. The zero-order valence-electron chi connectivity index (χ0n) is 39.2. The van der Waals surface area contributed by atoms with Gasteiger partial charge in [-0.15, -0.1) is 5.10 Å². The number of carbonyl (C=O) groups excluding carboxylic acids is 4. The fourth-order valence-corrected chi connectivity index (χ4v) is 10.9. The van der Waals surface area contributed by atoms with Crippen LogP contribution in [0.5, 0.6) is 5.75 Å². The van der Waals surface area contributed by atoms with E-state index >= 15 is 14.4 Å². The first-order chi connectivity index (χ1) is 35.3. The van der Waals surface area contributed by atoms with Gasteiger partial charge >= 0.3 is 12.1 Å². The van der Waals surface area contributed by atoms with Crippen molar-refractivity contribution in [3.63, 3.8) is 0 Å². The van der Waals surface area contributed by atoms with Gasteiger partial charge in [-0.05, 0) is 89.0 Å². The van der Waals surface area contributed by atoms with Crippen molar-refractivity contribution < 1.29 is 43.2 Å². The number of hydrogen-bond acceptors (Lipinski definition) is 13. The summed E-state index contributed by atoms with van der Waals surface area (Å²) >= 11 is 0. The zero-order chi connectivity index (χ0) is 49.3. The molecule has 2 N–H and O–H groups in total. The molecule has 0 bridgehead atoms. The molecule has 5 heterocycles. The summed E-state index contributed by atoms with van der Waals surface area (Å²) in [6.45, 7) is 2.64. The van der Waals surface area contributed by atoms with Crippen LogP contribution in [0.4, 0.5) is 21.9 Å². The Morgan fingerprint density at radius 2 is 1.51 bits per heavy atom. The maximum absolute atomic E-state index is 16.5. The molecule has 3 fully saturated rings. The number of ether oxygens (including phenoxy) is 4. The number of nitrogens with one attached hydrogen (secondary N) is 1. The smallest absolute Gasteiger partial charge is 0.421 e. The molecular formula is C56H49N7O9. The Morgan fingerprint density at radius 1 is 0.806 bits per heavy atom. The average molecular weight is 964 g/mol. The highest BCUT2D eigenvalue weighted by Gasteiger charge is 2.75. The van der Waals surface area contributed by atoms with Crippen LogP contribution >= 0.6 is 0 Å². The summed E-state index contributed by atoms with van der Waals surface area (Å²) in [6.07, 6.45) is -1.93. The number of para-hydroxylation sites is 1. The number of phenols is 1. The van der Waals surface area contributed by atoms with Crippen molar-refractivity contribution in [1.82, 2.24) is 19.9 Å². The van der Waals surface area contributed by atoms with Gasteiger partial charge in [0.1, 0.15) is 42.0 Å². The molecular weight excluding hydrogens is 915 g/mol. The van der Waals surface area contributed by atoms with Crippen LogP contribution in [0.2, 0.25) is 0 Å². The summed E-state index contributed by atoms with van der Waals surface area (Å²) in [5, 5.41) is 22.5. The SMILES string of the molecule is COCCOC(=O)N1C(=O)[C@@]2(c3cc(C#CCn4nnc5ccccc54)ccc31)[C@H](C(=O)Nc1ccc(N3CCOCC3)cc1)[C@H]1C(=O)O[C@H](c3ccccc3)[C@H](c3ccccc3)N1[C@@H]2c1ccc(O)cc1. The first kappa shape index (κ1) is 46.0. The van der Waals surface area contributed by atoms with Crippen molar-refractivity contribution in [3.05, 3.63) is 179 Å². The van der Waals surface area contributed by atoms with Crippen LogP contribution in [0.15, 0.2) is 152 Å². The molecule has 0 unspecified atom stereocenters. The molecule has 362 valence electrons. The molecule has 11 rings (SSSR count). The Kier molecular flexibility index (Phi) is 12.4. The summed E-state index contributed by atoms with van der Waals surface area (Å²) in [4.78, 5) is 67.5. The maximum atomic E-state index is 16.5. The van der Waals surface area contributed by atoms with Gasteiger partial charge in [-0.2, -0.15) is 0 Å². The molecule has 1 spiro atoms. The van der Waals surface area contributed by atoms with Crippen LogP contribution < -0.4 is 15.1 Å². The second kappa shape index (κ2) is 19.4. The Balaban J connectivity index is 1.14. The quantitative estimate of drug-likeness (QED) is 0.0806. The van der Waals surface area contributed by atoms with Gasteiger partial charge in [0.25, 0.3) is 0 Å². The highest BCUT2D eigenvalue weighted by atomic mass is 16.6. The number of esters is 1. The van der Waals surface area contributed by atoms with E-state index in [9.17, 15) is 9.90 Å². The number of morpholine rings is 2. The zero-order valence-corrected chi connectivity index (χ0v) is 39.2. The number of benzene rings is 6. The van der Waals surface area contributed by atoms with Gasteiger partial charge in [0, 0.05) is 37.1 Å². The van der Waals surface area contributed by atoms with Crippen molar-refractivity contribution in [2.75, 3.05) is 61.7 Å². The lowest BCUT2D eigenvalue weighted by Gasteiger charge is -2.46. The van der Waals surface area contributed by atoms with Gasteiger partial charge in [-0.25, -0.2) is 14.4 Å². The van der Waals surface area contributed by atoms with Crippen LogP contribution in [0.1, 0.15) is 46.0 Å². The molecule has 4 aliphatic rings. The van der Waals surface area contributed by atoms with Gasteiger partial charge in [0.15, 0.2) is 0 Å². The second-order valence-corrected chi connectivity index (χ2v) is 18.0. The van der Waals surface area contributed by atoms with E-state index in [-0.39, 0.29) is 36.8 Å². The van der Waals surface area contributed by atoms with Crippen LogP contribution in [-0.2, 0) is 45.3 Å². The molecule has 7 aromatic rings. The van der Waals surface area contributed by atoms with Crippen molar-refractivity contribution in [2.45, 2.75) is 36.2 Å². The normalized spacial score (nSPS) is 22.5. The fraction of sp³-hybridized carbons (Fsp3) is 0.250. The first-order valence-corrected chi connectivity index (χ1v) is 23.8. The standard InChI is InChI=1S/C56H49N7O9/c1-69-33-34-71-55(68)62-45-27-18-36(11-10-28-61-46-17-9-8-16-44(46)58-59-61)35-43(45)56(54(62)67)47(52(65)57-40-21-23-41(24-22-40)60-29-31-70-32-30-60)49-53(66)72-50(38-14-6-3-7-15-38)48(37-12-4-2-5-13-37)63(49)51(56)39-19-25-42(64)26-20-39/h2-9,12-27,35,47-51,64H,28-34H2,1H3,(H,57,65)/t47-,48-,49-,50+,51+,56-/m0/s1. The number of aromatic hydroxyl groups is 1. The average Bonchev–Trinajstić information content (AvgIpc) is 4.06. The number of hydrogen-bond donors (Lipinski definition) is 2. The summed E-state index contributed by atoms with van der Waals surface area (Å²) in [5.74, 6) is 2.62. The molecule has 72 heavy (non-hydrogen) atoms. The lowest BCUT2D eigenvalue weighted by atomic mass is 9.65. The topological polar surface area (TPSA) is 178 Å². The fourth-order valence-electron chi connectivity index (χ4n) is 10.9. The molecule has 6 aromatic carbocycles. The van der Waals surface area contributed by atoms with E-state index in [1.165, 1.54) is 19.2 Å². The van der Waals surface area contributed by atoms with Crippen LogP contribution in [0.3, 0.4) is 0 Å². The first-order valence-electron chi connectivity index (χ1n) is 23.8. The molecule has 6 atom stereocenters. The van der Waals surface area contributed by atoms with Gasteiger partial charge in [-0.1, -0.05) is 102 Å². The number of imide groups is 1. The third-order valence-electron chi connectivity index (χ3n) is 14.0. The summed E-state index contributed by atoms with van der Waals surface area (Å²) < 4.78 is 24.8. The van der Waals surface area contributed by atoms with E-state index in [1.54, 1.807) is 47.1 Å². The number of phenolic OH excluding ortho intramolecular Hbond substituents is 1. The molecule has 0 saturated carbocycles. The number of anilines is 3. The third-order valence-corrected chi connectivity index (χ3v) is 14.0. The number of aromatic nitrogens is 3. The van der Waals surface area contributed by atoms with Crippen molar-refractivity contribution in [1.29, 1.82) is 0 Å². The predicted octanol–water partition coefficient (Wildman–Crippen LogP) is 7.11. The second-order valence-electron chi connectivity index (χ2n) is 18.0. The molecule has 3 saturated heterocycles. The summed E-state index contributed by atoms with van der Waals surface area (Å²) in [7, 11) is 1.47. The van der Waals surface area contributed by atoms with E-state index in [1.807, 2.05) is 102 Å².